The monoisotopic (exact) mass is 372 g/mol. The van der Waals surface area contributed by atoms with Gasteiger partial charge in [0.2, 0.25) is 0 Å². The number of thioether (sulfide) groups is 1. The molecule has 0 bridgehead atoms. The first-order valence-corrected chi connectivity index (χ1v) is 9.90. The van der Waals surface area contributed by atoms with E-state index in [1.807, 2.05) is 13.8 Å². The quantitative estimate of drug-likeness (QED) is 0.358. The summed E-state index contributed by atoms with van der Waals surface area (Å²) in [4.78, 5) is 21.7. The summed E-state index contributed by atoms with van der Waals surface area (Å²) in [5.41, 5.74) is 4.78. The fourth-order valence-corrected chi connectivity index (χ4v) is 4.45. The van der Waals surface area contributed by atoms with E-state index in [0.717, 1.165) is 26.4 Å². The van der Waals surface area contributed by atoms with E-state index in [0.29, 0.717) is 6.61 Å². The second-order valence-corrected chi connectivity index (χ2v) is 8.01. The zero-order valence-corrected chi connectivity index (χ0v) is 16.3. The Kier molecular flexibility index (Phi) is 5.39. The summed E-state index contributed by atoms with van der Waals surface area (Å²) in [7, 11) is 0. The SMILES string of the molecule is CCOC(=O)[C@H](C)Sc1ncnc2scc(-c3ccc(C)c(C)c3)c12. The molecular formula is C19H20N2O2S2. The van der Waals surface area contributed by atoms with E-state index in [4.69, 9.17) is 4.74 Å². The first-order valence-electron chi connectivity index (χ1n) is 8.14. The van der Waals surface area contributed by atoms with Gasteiger partial charge in [-0.25, -0.2) is 9.97 Å². The number of carbonyl (C=O) groups is 1. The van der Waals surface area contributed by atoms with E-state index in [9.17, 15) is 4.79 Å². The summed E-state index contributed by atoms with van der Waals surface area (Å²) >= 11 is 3.02. The molecule has 3 rings (SSSR count). The molecule has 0 radical (unpaired) electrons. The van der Waals surface area contributed by atoms with E-state index in [2.05, 4.69) is 47.4 Å². The molecule has 0 saturated carbocycles. The fraction of sp³-hybridized carbons (Fsp3) is 0.316. The number of thiophene rings is 1. The molecule has 0 fully saturated rings. The van der Waals surface area contributed by atoms with Crippen LogP contribution < -0.4 is 0 Å². The molecule has 0 saturated heterocycles. The molecule has 0 amide bonds. The Morgan fingerprint density at radius 1 is 1.28 bits per heavy atom. The topological polar surface area (TPSA) is 52.1 Å². The molecule has 25 heavy (non-hydrogen) atoms. The Labute approximate surface area is 155 Å². The number of nitrogens with zero attached hydrogens (tertiary/aromatic N) is 2. The summed E-state index contributed by atoms with van der Waals surface area (Å²) in [6.07, 6.45) is 1.56. The van der Waals surface area contributed by atoms with Gasteiger partial charge < -0.3 is 4.74 Å². The minimum Gasteiger partial charge on any atom is -0.465 e. The van der Waals surface area contributed by atoms with Crippen molar-refractivity contribution in [3.8, 4) is 11.1 Å². The second kappa shape index (κ2) is 7.54. The number of fused-ring (bicyclic) bond motifs is 1. The number of hydrogen-bond acceptors (Lipinski definition) is 6. The zero-order chi connectivity index (χ0) is 18.0. The second-order valence-electron chi connectivity index (χ2n) is 5.82. The lowest BCUT2D eigenvalue weighted by Crippen LogP contribution is -2.16. The number of ether oxygens (including phenoxy) is 1. The average Bonchev–Trinajstić information content (AvgIpc) is 3.02. The smallest absolute Gasteiger partial charge is 0.319 e. The molecule has 0 aliphatic rings. The minimum atomic E-state index is -0.314. The molecular weight excluding hydrogens is 352 g/mol. The Hall–Kier alpha value is -1.92. The zero-order valence-electron chi connectivity index (χ0n) is 14.7. The van der Waals surface area contributed by atoms with Crippen LogP contribution in [-0.2, 0) is 9.53 Å². The van der Waals surface area contributed by atoms with Crippen molar-refractivity contribution >= 4 is 39.3 Å². The van der Waals surface area contributed by atoms with Crippen LogP contribution in [0.5, 0.6) is 0 Å². The number of benzene rings is 1. The molecule has 4 nitrogen and oxygen atoms in total. The maximum Gasteiger partial charge on any atom is 0.319 e. The Morgan fingerprint density at radius 3 is 2.80 bits per heavy atom. The summed E-state index contributed by atoms with van der Waals surface area (Å²) in [5.74, 6) is -0.220. The Balaban J connectivity index is 2.04. The lowest BCUT2D eigenvalue weighted by Gasteiger charge is -2.11. The van der Waals surface area contributed by atoms with Crippen LogP contribution in [0.25, 0.3) is 21.3 Å². The third-order valence-corrected chi connectivity index (χ3v) is 6.03. The summed E-state index contributed by atoms with van der Waals surface area (Å²) in [6.45, 7) is 8.27. The number of aryl methyl sites for hydroxylation is 2. The van der Waals surface area contributed by atoms with Crippen LogP contribution in [-0.4, -0.2) is 27.8 Å². The maximum atomic E-state index is 12.0. The molecule has 0 N–H and O–H groups in total. The number of aromatic nitrogens is 2. The molecule has 6 heteroatoms. The highest BCUT2D eigenvalue weighted by Crippen LogP contribution is 2.39. The maximum absolute atomic E-state index is 12.0. The van der Waals surface area contributed by atoms with E-state index in [1.165, 1.54) is 22.9 Å². The normalized spacial score (nSPS) is 12.3. The van der Waals surface area contributed by atoms with Crippen LogP contribution in [0, 0.1) is 13.8 Å². The number of rotatable bonds is 5. The Bertz CT molecular complexity index is 921. The van der Waals surface area contributed by atoms with Crippen molar-refractivity contribution in [1.82, 2.24) is 9.97 Å². The van der Waals surface area contributed by atoms with Crippen LogP contribution in [0.3, 0.4) is 0 Å². The highest BCUT2D eigenvalue weighted by Gasteiger charge is 2.20. The lowest BCUT2D eigenvalue weighted by molar-refractivity contribution is -0.142. The van der Waals surface area contributed by atoms with Gasteiger partial charge in [-0.2, -0.15) is 0 Å². The summed E-state index contributed by atoms with van der Waals surface area (Å²) in [6, 6.07) is 6.44. The van der Waals surface area contributed by atoms with Gasteiger partial charge in [-0.15, -0.1) is 11.3 Å². The molecule has 0 aliphatic heterocycles. The third-order valence-electron chi connectivity index (χ3n) is 4.06. The molecule has 3 aromatic rings. The molecule has 1 aromatic carbocycles. The first kappa shape index (κ1) is 17.9. The number of hydrogen-bond donors (Lipinski definition) is 0. The van der Waals surface area contributed by atoms with Crippen molar-refractivity contribution in [2.75, 3.05) is 6.61 Å². The predicted octanol–water partition coefficient (Wildman–Crippen LogP) is 5.02. The van der Waals surface area contributed by atoms with Crippen molar-refractivity contribution in [1.29, 1.82) is 0 Å². The van der Waals surface area contributed by atoms with Crippen LogP contribution >= 0.6 is 23.1 Å². The van der Waals surface area contributed by atoms with E-state index < -0.39 is 0 Å². The molecule has 0 unspecified atom stereocenters. The predicted molar refractivity (Wildman–Crippen MR) is 104 cm³/mol. The largest absolute Gasteiger partial charge is 0.465 e. The van der Waals surface area contributed by atoms with E-state index in [-0.39, 0.29) is 11.2 Å². The van der Waals surface area contributed by atoms with Gasteiger partial charge in [-0.05, 0) is 44.4 Å². The highest BCUT2D eigenvalue weighted by atomic mass is 32.2. The first-order chi connectivity index (χ1) is 12.0. The van der Waals surface area contributed by atoms with Crippen LogP contribution in [0.4, 0.5) is 0 Å². The highest BCUT2D eigenvalue weighted by molar-refractivity contribution is 8.00. The Morgan fingerprint density at radius 2 is 2.08 bits per heavy atom. The van der Waals surface area contributed by atoms with Gasteiger partial charge in [0, 0.05) is 10.9 Å². The van der Waals surface area contributed by atoms with Crippen molar-refractivity contribution in [2.24, 2.45) is 0 Å². The molecule has 0 aliphatic carbocycles. The molecule has 130 valence electrons. The van der Waals surface area contributed by atoms with Crippen LogP contribution in [0.1, 0.15) is 25.0 Å². The van der Waals surface area contributed by atoms with Gasteiger partial charge in [0.25, 0.3) is 0 Å². The third kappa shape index (κ3) is 3.70. The van der Waals surface area contributed by atoms with Gasteiger partial charge in [0.05, 0.1) is 12.0 Å². The molecule has 0 spiro atoms. The van der Waals surface area contributed by atoms with Gasteiger partial charge in [0.1, 0.15) is 21.4 Å². The fourth-order valence-electron chi connectivity index (χ4n) is 2.53. The van der Waals surface area contributed by atoms with E-state index in [1.54, 1.807) is 17.7 Å². The van der Waals surface area contributed by atoms with Gasteiger partial charge >= 0.3 is 5.97 Å². The van der Waals surface area contributed by atoms with Crippen LogP contribution in [0.15, 0.2) is 34.9 Å². The molecule has 2 aromatic heterocycles. The van der Waals surface area contributed by atoms with Gasteiger partial charge in [-0.1, -0.05) is 30.0 Å². The summed E-state index contributed by atoms with van der Waals surface area (Å²) in [5, 5.41) is 3.63. The number of esters is 1. The van der Waals surface area contributed by atoms with Gasteiger partial charge in [0.15, 0.2) is 0 Å². The lowest BCUT2D eigenvalue weighted by atomic mass is 10.0. The minimum absolute atomic E-state index is 0.220. The van der Waals surface area contributed by atoms with Crippen molar-refractivity contribution in [3.05, 3.63) is 41.0 Å². The standard InChI is InChI=1S/C19H20N2O2S2/c1-5-23-19(22)13(4)25-18-16-15(9-24-17(16)20-10-21-18)14-7-6-11(2)12(3)8-14/h6-10,13H,5H2,1-4H3/t13-/m0/s1. The van der Waals surface area contributed by atoms with Gasteiger partial charge in [-0.3, -0.25) is 4.79 Å². The van der Waals surface area contributed by atoms with Crippen molar-refractivity contribution < 1.29 is 9.53 Å². The van der Waals surface area contributed by atoms with Crippen LogP contribution in [0.2, 0.25) is 0 Å². The summed E-state index contributed by atoms with van der Waals surface area (Å²) < 4.78 is 5.11. The van der Waals surface area contributed by atoms with E-state index >= 15 is 0 Å². The van der Waals surface area contributed by atoms with Crippen molar-refractivity contribution in [3.63, 3.8) is 0 Å². The molecule has 2 heterocycles. The van der Waals surface area contributed by atoms with Crippen molar-refractivity contribution in [2.45, 2.75) is 38.0 Å². The average molecular weight is 373 g/mol. The molecule has 1 atom stereocenters. The number of carbonyl (C=O) groups excluding carboxylic acids is 1.